The number of sulfone groups is 1. The number of fused-ring (bicyclic) bond motifs is 1. The number of aromatic nitrogens is 2. The van der Waals surface area contributed by atoms with E-state index in [1.54, 1.807) is 13.3 Å². The van der Waals surface area contributed by atoms with Gasteiger partial charge in [-0.2, -0.15) is 0 Å². The topological polar surface area (TPSA) is 60.7 Å². The van der Waals surface area contributed by atoms with E-state index < -0.39 is 15.1 Å². The van der Waals surface area contributed by atoms with E-state index in [1.165, 1.54) is 0 Å². The molecule has 0 N–H and O–H groups in total. The van der Waals surface area contributed by atoms with Crippen LogP contribution in [-0.2, 0) is 9.84 Å². The van der Waals surface area contributed by atoms with Gasteiger partial charge in [-0.05, 0) is 25.0 Å². The first-order valence-electron chi connectivity index (χ1n) is 5.85. The average molecular weight is 266 g/mol. The van der Waals surface area contributed by atoms with Crippen LogP contribution in [0, 0.1) is 0 Å². The molecule has 1 aliphatic rings. The minimum atomic E-state index is -3.02. The fourth-order valence-corrected chi connectivity index (χ4v) is 4.31. The molecule has 3 heterocycles. The van der Waals surface area contributed by atoms with Crippen LogP contribution < -0.4 is 4.74 Å². The fourth-order valence-electron chi connectivity index (χ4n) is 2.44. The summed E-state index contributed by atoms with van der Waals surface area (Å²) in [5.41, 5.74) is 1.29. The van der Waals surface area contributed by atoms with Gasteiger partial charge in [-0.1, -0.05) is 0 Å². The van der Waals surface area contributed by atoms with Crippen LogP contribution in [0.15, 0.2) is 24.5 Å². The summed E-state index contributed by atoms with van der Waals surface area (Å²) in [5, 5.41) is -0.456. The number of imidazole rings is 1. The maximum atomic E-state index is 11.9. The summed E-state index contributed by atoms with van der Waals surface area (Å²) in [7, 11) is -1.44. The third-order valence-corrected chi connectivity index (χ3v) is 5.55. The van der Waals surface area contributed by atoms with E-state index in [1.807, 2.05) is 22.7 Å². The molecule has 1 saturated heterocycles. The van der Waals surface area contributed by atoms with E-state index in [2.05, 4.69) is 4.98 Å². The molecule has 3 rings (SSSR count). The third-order valence-electron chi connectivity index (χ3n) is 3.34. The Hall–Kier alpha value is -1.56. The molecule has 18 heavy (non-hydrogen) atoms. The van der Waals surface area contributed by atoms with Crippen LogP contribution in [0.1, 0.15) is 23.8 Å². The van der Waals surface area contributed by atoms with Crippen molar-refractivity contribution in [2.24, 2.45) is 0 Å². The molecule has 0 spiro atoms. The number of nitrogens with zero attached hydrogens (tertiary/aromatic N) is 2. The highest BCUT2D eigenvalue weighted by Crippen LogP contribution is 2.34. The van der Waals surface area contributed by atoms with Crippen molar-refractivity contribution in [1.82, 2.24) is 9.38 Å². The number of pyridine rings is 1. The van der Waals surface area contributed by atoms with E-state index >= 15 is 0 Å². The zero-order chi connectivity index (χ0) is 12.8. The van der Waals surface area contributed by atoms with Crippen LogP contribution in [-0.4, -0.2) is 30.7 Å². The molecule has 0 aromatic carbocycles. The Bertz CT molecular complexity index is 690. The van der Waals surface area contributed by atoms with Crippen LogP contribution in [0.25, 0.3) is 5.65 Å². The largest absolute Gasteiger partial charge is 0.493 e. The Morgan fingerprint density at radius 2 is 2.33 bits per heavy atom. The van der Waals surface area contributed by atoms with Crippen molar-refractivity contribution in [3.63, 3.8) is 0 Å². The number of hydrogen-bond acceptors (Lipinski definition) is 4. The van der Waals surface area contributed by atoms with Crippen LogP contribution in [0.2, 0.25) is 0 Å². The lowest BCUT2D eigenvalue weighted by Gasteiger charge is -2.03. The SMILES string of the molecule is COc1cccn2cc(C3CCCS3(=O)=O)nc12. The Morgan fingerprint density at radius 1 is 1.50 bits per heavy atom. The number of rotatable bonds is 2. The first-order valence-corrected chi connectivity index (χ1v) is 7.56. The molecule has 1 fully saturated rings. The first-order chi connectivity index (χ1) is 8.62. The smallest absolute Gasteiger partial charge is 0.179 e. The van der Waals surface area contributed by atoms with Gasteiger partial charge < -0.3 is 9.14 Å². The molecule has 0 amide bonds. The second kappa shape index (κ2) is 3.98. The van der Waals surface area contributed by atoms with E-state index in [4.69, 9.17) is 4.74 Å². The Morgan fingerprint density at radius 3 is 3.00 bits per heavy atom. The van der Waals surface area contributed by atoms with Gasteiger partial charge in [0.15, 0.2) is 21.2 Å². The highest BCUT2D eigenvalue weighted by Gasteiger charge is 2.34. The molecule has 1 aliphatic heterocycles. The van der Waals surface area contributed by atoms with E-state index in [-0.39, 0.29) is 5.75 Å². The molecule has 0 saturated carbocycles. The Balaban J connectivity index is 2.14. The molecule has 5 nitrogen and oxygen atoms in total. The normalized spacial score (nSPS) is 22.4. The molecule has 0 aliphatic carbocycles. The lowest BCUT2D eigenvalue weighted by atomic mass is 10.2. The predicted molar refractivity (Wildman–Crippen MR) is 67.5 cm³/mol. The summed E-state index contributed by atoms with van der Waals surface area (Å²) >= 11 is 0. The third kappa shape index (κ3) is 1.68. The standard InChI is InChI=1S/C12H14N2O3S/c1-17-10-4-2-6-14-8-9(13-12(10)14)11-5-3-7-18(11,15)16/h2,4,6,8,11H,3,5,7H2,1H3. The van der Waals surface area contributed by atoms with Crippen molar-refractivity contribution < 1.29 is 13.2 Å². The van der Waals surface area contributed by atoms with Gasteiger partial charge in [0.25, 0.3) is 0 Å². The van der Waals surface area contributed by atoms with Crippen molar-refractivity contribution in [3.8, 4) is 5.75 Å². The van der Waals surface area contributed by atoms with Gasteiger partial charge >= 0.3 is 0 Å². The van der Waals surface area contributed by atoms with Gasteiger partial charge in [0.1, 0.15) is 5.25 Å². The Kier molecular flexibility index (Phi) is 2.55. The monoisotopic (exact) mass is 266 g/mol. The molecule has 1 atom stereocenters. The lowest BCUT2D eigenvalue weighted by Crippen LogP contribution is -2.08. The lowest BCUT2D eigenvalue weighted by molar-refractivity contribution is 0.417. The van der Waals surface area contributed by atoms with Crippen LogP contribution in [0.5, 0.6) is 5.75 Å². The van der Waals surface area contributed by atoms with Crippen LogP contribution >= 0.6 is 0 Å². The molecule has 2 aromatic heterocycles. The molecule has 0 radical (unpaired) electrons. The Labute approximate surface area is 105 Å². The summed E-state index contributed by atoms with van der Waals surface area (Å²) in [6.07, 6.45) is 5.01. The second-order valence-corrected chi connectivity index (χ2v) is 6.77. The molecular formula is C12H14N2O3S. The summed E-state index contributed by atoms with van der Waals surface area (Å²) < 4.78 is 30.9. The summed E-state index contributed by atoms with van der Waals surface area (Å²) in [6, 6.07) is 3.66. The van der Waals surface area contributed by atoms with Gasteiger partial charge in [0.2, 0.25) is 0 Å². The molecule has 6 heteroatoms. The van der Waals surface area contributed by atoms with Crippen molar-refractivity contribution in [1.29, 1.82) is 0 Å². The van der Waals surface area contributed by atoms with Gasteiger partial charge in [-0.25, -0.2) is 13.4 Å². The summed E-state index contributed by atoms with van der Waals surface area (Å²) in [6.45, 7) is 0. The van der Waals surface area contributed by atoms with Crippen molar-refractivity contribution >= 4 is 15.5 Å². The van der Waals surface area contributed by atoms with E-state index in [0.717, 1.165) is 6.42 Å². The quantitative estimate of drug-likeness (QED) is 0.828. The van der Waals surface area contributed by atoms with Gasteiger partial charge in [0.05, 0.1) is 18.6 Å². The van der Waals surface area contributed by atoms with Gasteiger partial charge in [0, 0.05) is 12.4 Å². The molecule has 1 unspecified atom stereocenters. The number of methoxy groups -OCH3 is 1. The van der Waals surface area contributed by atoms with Crippen molar-refractivity contribution in [2.75, 3.05) is 12.9 Å². The van der Waals surface area contributed by atoms with Crippen LogP contribution in [0.3, 0.4) is 0 Å². The van der Waals surface area contributed by atoms with Gasteiger partial charge in [-0.15, -0.1) is 0 Å². The highest BCUT2D eigenvalue weighted by molar-refractivity contribution is 7.91. The second-order valence-electron chi connectivity index (χ2n) is 4.47. The molecular weight excluding hydrogens is 252 g/mol. The van der Waals surface area contributed by atoms with Crippen LogP contribution in [0.4, 0.5) is 0 Å². The summed E-state index contributed by atoms with van der Waals surface area (Å²) in [4.78, 5) is 4.42. The minimum absolute atomic E-state index is 0.267. The van der Waals surface area contributed by atoms with E-state index in [0.29, 0.717) is 23.5 Å². The minimum Gasteiger partial charge on any atom is -0.493 e. The highest BCUT2D eigenvalue weighted by atomic mass is 32.2. The molecule has 96 valence electrons. The predicted octanol–water partition coefficient (Wildman–Crippen LogP) is 1.59. The average Bonchev–Trinajstić information content (AvgIpc) is 2.90. The summed E-state index contributed by atoms with van der Waals surface area (Å²) in [5.74, 6) is 0.919. The number of ether oxygens (including phenoxy) is 1. The van der Waals surface area contributed by atoms with Crippen molar-refractivity contribution in [2.45, 2.75) is 18.1 Å². The molecule has 0 bridgehead atoms. The molecule has 2 aromatic rings. The fraction of sp³-hybridized carbons (Fsp3) is 0.417. The van der Waals surface area contributed by atoms with E-state index in [9.17, 15) is 8.42 Å². The number of hydrogen-bond donors (Lipinski definition) is 0. The zero-order valence-corrected chi connectivity index (χ0v) is 10.9. The van der Waals surface area contributed by atoms with Crippen molar-refractivity contribution in [3.05, 3.63) is 30.2 Å². The first kappa shape index (κ1) is 11.5. The zero-order valence-electron chi connectivity index (χ0n) is 10.0. The maximum absolute atomic E-state index is 11.9. The van der Waals surface area contributed by atoms with Gasteiger partial charge in [-0.3, -0.25) is 0 Å². The maximum Gasteiger partial charge on any atom is 0.179 e.